The number of aromatic nitrogens is 1. The van der Waals surface area contributed by atoms with Crippen LogP contribution in [-0.2, 0) is 11.0 Å². The maximum atomic E-state index is 13.0. The van der Waals surface area contributed by atoms with Gasteiger partial charge >= 0.3 is 0 Å². The van der Waals surface area contributed by atoms with Crippen molar-refractivity contribution in [2.24, 2.45) is 0 Å². The van der Waals surface area contributed by atoms with Gasteiger partial charge in [-0.25, -0.2) is 0 Å². The summed E-state index contributed by atoms with van der Waals surface area (Å²) in [5.74, 6) is 16.0. The van der Waals surface area contributed by atoms with Crippen LogP contribution in [0.15, 0.2) is 150 Å². The first-order chi connectivity index (χ1) is 32.6. The first-order valence-electron chi connectivity index (χ1n) is 23.0. The van der Waals surface area contributed by atoms with E-state index in [1.165, 1.54) is 5.56 Å². The largest absolute Gasteiger partial charge is 0.497 e. The maximum Gasteiger partial charge on any atom is 0.259 e. The van der Waals surface area contributed by atoms with E-state index >= 15 is 0 Å². The molecule has 5 heteroatoms. The number of methoxy groups -OCH3 is 2. The normalized spacial score (nSPS) is 11.6. The average Bonchev–Trinajstić information content (AvgIpc) is 3.32. The summed E-state index contributed by atoms with van der Waals surface area (Å²) in [5, 5.41) is 13.6. The van der Waals surface area contributed by atoms with E-state index in [-0.39, 0.29) is 16.5 Å². The minimum Gasteiger partial charge on any atom is -0.497 e. The number of nitrogens with zero attached hydrogens (tertiary/aromatic N) is 2. The Morgan fingerprint density at radius 1 is 0.500 bits per heavy atom. The summed E-state index contributed by atoms with van der Waals surface area (Å²) in [4.78, 5) is 15.1. The van der Waals surface area contributed by atoms with Gasteiger partial charge in [0.25, 0.3) is 5.56 Å². The quantitative estimate of drug-likeness (QED) is 0.131. The third-order valence-electron chi connectivity index (χ3n) is 12.9. The van der Waals surface area contributed by atoms with Crippen LogP contribution in [0, 0.1) is 23.7 Å². The summed E-state index contributed by atoms with van der Waals surface area (Å²) in [5.41, 5.74) is 6.10. The van der Waals surface area contributed by atoms with Crippen LogP contribution in [0.1, 0.15) is 69.4 Å². The van der Waals surface area contributed by atoms with Gasteiger partial charge in [0.05, 0.1) is 14.2 Å². The molecule has 0 atom stereocenters. The first-order valence-corrected chi connectivity index (χ1v) is 23.0. The van der Waals surface area contributed by atoms with Crippen LogP contribution >= 0.6 is 0 Å². The summed E-state index contributed by atoms with van der Waals surface area (Å²) >= 11 is 0. The monoisotopic (exact) mass is 888 g/mol. The van der Waals surface area contributed by atoms with Crippen molar-refractivity contribution in [3.63, 3.8) is 0 Å². The Balaban J connectivity index is 0.000000219. The molecule has 1 aromatic heterocycles. The van der Waals surface area contributed by atoms with Crippen molar-refractivity contribution in [3.05, 3.63) is 189 Å². The van der Waals surface area contributed by atoms with Crippen LogP contribution in [0.5, 0.6) is 11.5 Å². The van der Waals surface area contributed by atoms with Crippen molar-refractivity contribution in [3.8, 4) is 35.2 Å². The van der Waals surface area contributed by atoms with Crippen LogP contribution in [0.4, 0.5) is 5.69 Å². The number of ether oxygens (including phenoxy) is 2. The SMILES string of the molecule is C=c1c2ccc(N(C)C)c3cccc(c(=O)n1C(C)(C)C)c32.COc1ccc2c(C#Cc3c4ccccc4c(C#Cc4cccc5cc(OC)ccc45)c4cc(C(C)(C)C)ccc34)cccc2c1. The molecule has 336 valence electrons. The van der Waals surface area contributed by atoms with Gasteiger partial charge in [0.15, 0.2) is 0 Å². The number of rotatable bonds is 3. The van der Waals surface area contributed by atoms with Crippen LogP contribution < -0.4 is 25.3 Å². The molecule has 0 amide bonds. The summed E-state index contributed by atoms with van der Waals surface area (Å²) in [7, 11) is 7.43. The van der Waals surface area contributed by atoms with E-state index in [0.717, 1.165) is 109 Å². The van der Waals surface area contributed by atoms with E-state index < -0.39 is 0 Å². The second-order valence-corrected chi connectivity index (χ2v) is 19.6. The van der Waals surface area contributed by atoms with Crippen LogP contribution in [0.2, 0.25) is 0 Å². The zero-order valence-electron chi connectivity index (χ0n) is 40.7. The molecule has 0 spiro atoms. The van der Waals surface area contributed by atoms with E-state index in [1.807, 2.05) is 59.1 Å². The molecule has 0 unspecified atom stereocenters. The minimum absolute atomic E-state index is 0.0188. The molecule has 0 saturated carbocycles. The van der Waals surface area contributed by atoms with Gasteiger partial charge in [-0.15, -0.1) is 0 Å². The molecule has 0 aliphatic carbocycles. The molecule has 10 aromatic rings. The minimum atomic E-state index is -0.297. The molecule has 0 aliphatic heterocycles. The van der Waals surface area contributed by atoms with Crippen molar-refractivity contribution < 1.29 is 9.47 Å². The lowest BCUT2D eigenvalue weighted by Gasteiger charge is -2.25. The van der Waals surface area contributed by atoms with Gasteiger partial charge in [-0.1, -0.05) is 130 Å². The highest BCUT2D eigenvalue weighted by atomic mass is 16.5. The fourth-order valence-electron chi connectivity index (χ4n) is 9.44. The standard InChI is InChI=1S/C44H34O2.C19H22N2O/c1-44(2,3)33-18-23-42-40(21-16-29-10-8-12-31-26-34(45-4)19-24-36(29)31)38-14-6-7-15-39(38)41(43(42)28-33)22-17-30-11-9-13-32-27-35(46-5)20-25-37(30)32;1-12-13-10-11-16(20(5)6)14-8-7-9-15(17(13)14)18(22)21(12)19(2,3)4/h6-15,18-20,23-28H,1-5H3;7-11H,1H2,2-6H3. The van der Waals surface area contributed by atoms with Gasteiger partial charge in [0.1, 0.15) is 11.5 Å². The summed E-state index contributed by atoms with van der Waals surface area (Å²) < 4.78 is 12.7. The lowest BCUT2D eigenvalue weighted by molar-refractivity contribution is 0.379. The molecule has 0 saturated heterocycles. The topological polar surface area (TPSA) is 43.7 Å². The lowest BCUT2D eigenvalue weighted by atomic mass is 9.83. The molecule has 0 fully saturated rings. The third kappa shape index (κ3) is 8.27. The van der Waals surface area contributed by atoms with Crippen molar-refractivity contribution in [1.29, 1.82) is 0 Å². The molecule has 0 radical (unpaired) electrons. The van der Waals surface area contributed by atoms with Crippen molar-refractivity contribution >= 4 is 76.9 Å². The summed E-state index contributed by atoms with van der Waals surface area (Å²) in [6, 6.07) is 50.2. The third-order valence-corrected chi connectivity index (χ3v) is 12.9. The first kappa shape index (κ1) is 45.2. The fraction of sp³-hybridized carbons (Fsp3) is 0.190. The Morgan fingerprint density at radius 3 is 1.51 bits per heavy atom. The Bertz CT molecular complexity index is 3840. The highest BCUT2D eigenvalue weighted by Crippen LogP contribution is 2.36. The Morgan fingerprint density at radius 2 is 0.985 bits per heavy atom. The highest BCUT2D eigenvalue weighted by Gasteiger charge is 2.21. The summed E-state index contributed by atoms with van der Waals surface area (Å²) in [6.45, 7) is 17.1. The predicted octanol–water partition coefficient (Wildman–Crippen LogP) is 13.5. The van der Waals surface area contributed by atoms with Crippen molar-refractivity contribution in [1.82, 2.24) is 4.57 Å². The molecule has 0 bridgehead atoms. The Labute approximate surface area is 399 Å². The number of hydrogen-bond donors (Lipinski definition) is 0. The fourth-order valence-corrected chi connectivity index (χ4v) is 9.44. The van der Waals surface area contributed by atoms with E-state index in [4.69, 9.17) is 9.47 Å². The van der Waals surface area contributed by atoms with E-state index in [9.17, 15) is 4.79 Å². The lowest BCUT2D eigenvalue weighted by Crippen LogP contribution is -2.43. The van der Waals surface area contributed by atoms with Gasteiger partial charge in [-0.3, -0.25) is 4.79 Å². The van der Waals surface area contributed by atoms with Gasteiger partial charge in [0, 0.05) is 74.5 Å². The molecule has 0 N–H and O–H groups in total. The second kappa shape index (κ2) is 17.7. The van der Waals surface area contributed by atoms with Crippen LogP contribution in [0.25, 0.3) is 71.2 Å². The zero-order valence-corrected chi connectivity index (χ0v) is 40.7. The van der Waals surface area contributed by atoms with E-state index in [1.54, 1.807) is 18.8 Å². The summed E-state index contributed by atoms with van der Waals surface area (Å²) in [6.07, 6.45) is 0. The number of pyridine rings is 1. The van der Waals surface area contributed by atoms with Gasteiger partial charge < -0.3 is 18.9 Å². The highest BCUT2D eigenvalue weighted by molar-refractivity contribution is 6.14. The Kier molecular flexibility index (Phi) is 11.7. The molecule has 10 rings (SSSR count). The molecule has 5 nitrogen and oxygen atoms in total. The maximum absolute atomic E-state index is 13.0. The van der Waals surface area contributed by atoms with Crippen LogP contribution in [0.3, 0.4) is 0 Å². The average molecular weight is 889 g/mol. The van der Waals surface area contributed by atoms with Crippen molar-refractivity contribution in [2.45, 2.75) is 52.5 Å². The van der Waals surface area contributed by atoms with E-state index in [2.05, 4.69) is 177 Å². The van der Waals surface area contributed by atoms with E-state index in [0.29, 0.717) is 0 Å². The molecule has 1 heterocycles. The molecule has 9 aromatic carbocycles. The van der Waals surface area contributed by atoms with Crippen molar-refractivity contribution in [2.75, 3.05) is 33.2 Å². The second-order valence-electron chi connectivity index (χ2n) is 19.6. The predicted molar refractivity (Wildman–Crippen MR) is 289 cm³/mol. The molecular weight excluding hydrogens is 833 g/mol. The number of benzene rings is 9. The molecular formula is C63H56N2O3. The zero-order chi connectivity index (χ0) is 48.1. The van der Waals surface area contributed by atoms with Gasteiger partial charge in [-0.05, 0) is 142 Å². The number of anilines is 1. The van der Waals surface area contributed by atoms with Crippen LogP contribution in [-0.4, -0.2) is 32.9 Å². The number of hydrogen-bond acceptors (Lipinski definition) is 4. The van der Waals surface area contributed by atoms with Gasteiger partial charge in [-0.2, -0.15) is 0 Å². The number of fused-ring (bicyclic) bond motifs is 4. The Hall–Kier alpha value is -7.99. The van der Waals surface area contributed by atoms with Gasteiger partial charge in [0.2, 0.25) is 0 Å². The molecule has 0 aliphatic rings. The smallest absolute Gasteiger partial charge is 0.259 e. The molecule has 68 heavy (non-hydrogen) atoms.